The first-order valence-corrected chi connectivity index (χ1v) is 13.4. The Morgan fingerprint density at radius 3 is 2.48 bits per heavy atom. The number of aliphatic imine (C=N–C) groups is 1. The van der Waals surface area contributed by atoms with Crippen LogP contribution in [0.5, 0.6) is 5.88 Å². The molecule has 40 heavy (non-hydrogen) atoms. The highest BCUT2D eigenvalue weighted by atomic mass is 16.6. The number of non-ortho nitro benzene ring substituents is 1. The molecular formula is C31H30N6O3. The van der Waals surface area contributed by atoms with Gasteiger partial charge in [-0.25, -0.2) is 9.98 Å². The molecular weight excluding hydrogens is 504 g/mol. The van der Waals surface area contributed by atoms with E-state index in [2.05, 4.69) is 27.0 Å². The van der Waals surface area contributed by atoms with Gasteiger partial charge in [0.2, 0.25) is 0 Å². The Bertz CT molecular complexity index is 1690. The van der Waals surface area contributed by atoms with E-state index in [1.54, 1.807) is 12.3 Å². The molecule has 0 amide bonds. The van der Waals surface area contributed by atoms with Gasteiger partial charge in [0.25, 0.3) is 5.69 Å². The number of nitrogens with zero attached hydrogens (tertiary/aromatic N) is 5. The Kier molecular flexibility index (Phi) is 6.88. The molecule has 0 aliphatic carbocycles. The van der Waals surface area contributed by atoms with Crippen molar-refractivity contribution in [1.29, 1.82) is 0 Å². The lowest BCUT2D eigenvalue weighted by molar-refractivity contribution is -0.384. The number of likely N-dealkylation sites (tertiary alicyclic amines) is 1. The smallest absolute Gasteiger partial charge is 0.270 e. The van der Waals surface area contributed by atoms with E-state index in [1.165, 1.54) is 37.0 Å². The maximum Gasteiger partial charge on any atom is 0.270 e. The van der Waals surface area contributed by atoms with Crippen molar-refractivity contribution >= 4 is 28.0 Å². The number of aryl methyl sites for hydroxylation is 1. The van der Waals surface area contributed by atoms with Crippen molar-refractivity contribution in [3.63, 3.8) is 0 Å². The molecule has 0 radical (unpaired) electrons. The number of aromatic nitrogens is 3. The summed E-state index contributed by atoms with van der Waals surface area (Å²) in [5, 5.41) is 23.1. The van der Waals surface area contributed by atoms with E-state index in [9.17, 15) is 15.2 Å². The molecule has 1 aliphatic rings. The summed E-state index contributed by atoms with van der Waals surface area (Å²) in [5.74, 6) is 0.762. The summed E-state index contributed by atoms with van der Waals surface area (Å²) in [6.07, 6.45) is 7.42. The van der Waals surface area contributed by atoms with E-state index in [-0.39, 0.29) is 11.6 Å². The fourth-order valence-electron chi connectivity index (χ4n) is 5.39. The minimum atomic E-state index is -0.435. The number of aromatic amines is 1. The van der Waals surface area contributed by atoms with Crippen LogP contribution in [0.2, 0.25) is 0 Å². The van der Waals surface area contributed by atoms with Crippen molar-refractivity contribution in [1.82, 2.24) is 19.4 Å². The van der Waals surface area contributed by atoms with Crippen molar-refractivity contribution in [2.45, 2.75) is 25.8 Å². The number of fused-ring (bicyclic) bond motifs is 1. The summed E-state index contributed by atoms with van der Waals surface area (Å²) >= 11 is 0. The number of aromatic hydroxyl groups is 1. The number of nitrogens with one attached hydrogen (secondary N) is 1. The molecule has 5 aromatic rings. The zero-order chi connectivity index (χ0) is 27.6. The lowest BCUT2D eigenvalue weighted by Gasteiger charge is -2.26. The van der Waals surface area contributed by atoms with Gasteiger partial charge in [-0.15, -0.1) is 0 Å². The fourth-order valence-corrected chi connectivity index (χ4v) is 5.39. The molecule has 3 aromatic carbocycles. The number of benzene rings is 3. The minimum Gasteiger partial charge on any atom is -0.494 e. The third kappa shape index (κ3) is 5.11. The van der Waals surface area contributed by atoms with Gasteiger partial charge in [0.15, 0.2) is 5.88 Å². The molecule has 0 unspecified atom stereocenters. The average Bonchev–Trinajstić information content (AvgIpc) is 3.54. The largest absolute Gasteiger partial charge is 0.494 e. The molecule has 6 rings (SSSR count). The Balaban J connectivity index is 1.43. The maximum absolute atomic E-state index is 11.5. The van der Waals surface area contributed by atoms with Crippen molar-refractivity contribution in [3.8, 4) is 17.3 Å². The number of nitro benzene ring substituents is 1. The molecule has 1 fully saturated rings. The van der Waals surface area contributed by atoms with Gasteiger partial charge in [0.1, 0.15) is 5.82 Å². The van der Waals surface area contributed by atoms with Crippen LogP contribution in [0.15, 0.2) is 84.1 Å². The minimum absolute atomic E-state index is 0.0524. The van der Waals surface area contributed by atoms with E-state index in [4.69, 9.17) is 4.99 Å². The first-order chi connectivity index (χ1) is 19.5. The van der Waals surface area contributed by atoms with Crippen LogP contribution in [0.3, 0.4) is 0 Å². The van der Waals surface area contributed by atoms with Crippen LogP contribution in [0, 0.1) is 10.1 Å². The lowest BCUT2D eigenvalue weighted by Crippen LogP contribution is -2.29. The SMILES string of the molecule is Cn1ccnc1-c1ccc(N=C(c2ccc(CN3CCCCC3)cc2)c2c(O)[nH]c3ccc([N+](=O)[O-])cc23)cc1. The van der Waals surface area contributed by atoms with Gasteiger partial charge >= 0.3 is 0 Å². The van der Waals surface area contributed by atoms with Crippen molar-refractivity contribution in [2.75, 3.05) is 13.1 Å². The summed E-state index contributed by atoms with van der Waals surface area (Å²) in [4.78, 5) is 25.9. The molecule has 2 N–H and O–H groups in total. The number of imidazole rings is 1. The van der Waals surface area contributed by atoms with Gasteiger partial charge in [0.05, 0.1) is 21.9 Å². The second-order valence-corrected chi connectivity index (χ2v) is 10.2. The van der Waals surface area contributed by atoms with E-state index in [1.807, 2.05) is 54.2 Å². The van der Waals surface area contributed by atoms with E-state index in [0.29, 0.717) is 27.9 Å². The molecule has 0 atom stereocenters. The highest BCUT2D eigenvalue weighted by Gasteiger charge is 2.21. The van der Waals surface area contributed by atoms with E-state index in [0.717, 1.165) is 36.6 Å². The molecule has 202 valence electrons. The van der Waals surface area contributed by atoms with Crippen molar-refractivity contribution < 1.29 is 10.0 Å². The van der Waals surface area contributed by atoms with Crippen molar-refractivity contribution in [3.05, 3.63) is 106 Å². The summed E-state index contributed by atoms with van der Waals surface area (Å²) in [7, 11) is 1.94. The van der Waals surface area contributed by atoms with Crippen molar-refractivity contribution in [2.24, 2.45) is 12.0 Å². The molecule has 0 bridgehead atoms. The Morgan fingerprint density at radius 1 is 1.05 bits per heavy atom. The average molecular weight is 535 g/mol. The lowest BCUT2D eigenvalue weighted by atomic mass is 9.99. The monoisotopic (exact) mass is 534 g/mol. The zero-order valence-electron chi connectivity index (χ0n) is 22.2. The predicted octanol–water partition coefficient (Wildman–Crippen LogP) is 6.34. The zero-order valence-corrected chi connectivity index (χ0v) is 22.2. The third-order valence-electron chi connectivity index (χ3n) is 7.48. The van der Waals surface area contributed by atoms with Gasteiger partial charge < -0.3 is 14.7 Å². The van der Waals surface area contributed by atoms with Crippen LogP contribution >= 0.6 is 0 Å². The topological polar surface area (TPSA) is 113 Å². The standard InChI is InChI=1S/C31H30N6O3/c1-35-18-15-32-30(35)23-9-11-24(12-10-23)33-29(22-7-5-21(6-8-22)20-36-16-3-2-4-17-36)28-26-19-25(37(39)40)13-14-27(26)34-31(28)38/h5-15,18-19,34,38H,2-4,16-17,20H2,1H3. The summed E-state index contributed by atoms with van der Waals surface area (Å²) in [5.41, 5.74) is 5.15. The van der Waals surface area contributed by atoms with Gasteiger partial charge in [-0.1, -0.05) is 30.7 Å². The molecule has 0 saturated carbocycles. The highest BCUT2D eigenvalue weighted by Crippen LogP contribution is 2.34. The molecule has 1 saturated heterocycles. The number of hydrogen-bond acceptors (Lipinski definition) is 6. The second-order valence-electron chi connectivity index (χ2n) is 10.2. The molecule has 9 heteroatoms. The summed E-state index contributed by atoms with van der Waals surface area (Å²) in [6.45, 7) is 3.13. The van der Waals surface area contributed by atoms with Crippen LogP contribution < -0.4 is 0 Å². The van der Waals surface area contributed by atoms with Crippen LogP contribution in [-0.4, -0.2) is 48.3 Å². The first kappa shape index (κ1) is 25.5. The molecule has 0 spiro atoms. The third-order valence-corrected chi connectivity index (χ3v) is 7.48. The molecule has 2 aromatic heterocycles. The van der Waals surface area contributed by atoms with Crippen LogP contribution in [0.4, 0.5) is 11.4 Å². The van der Waals surface area contributed by atoms with Crippen LogP contribution in [-0.2, 0) is 13.6 Å². The molecule has 3 heterocycles. The fraction of sp³-hybridized carbons (Fsp3) is 0.226. The molecule has 1 aliphatic heterocycles. The first-order valence-electron chi connectivity index (χ1n) is 13.4. The second kappa shape index (κ2) is 10.8. The normalized spacial score (nSPS) is 14.6. The number of piperidine rings is 1. The van der Waals surface area contributed by atoms with Crippen LogP contribution in [0.1, 0.15) is 36.0 Å². The summed E-state index contributed by atoms with van der Waals surface area (Å²) in [6, 6.07) is 20.4. The van der Waals surface area contributed by atoms with E-state index < -0.39 is 4.92 Å². The number of H-pyrrole nitrogens is 1. The number of nitro groups is 1. The van der Waals surface area contributed by atoms with Crippen LogP contribution in [0.25, 0.3) is 22.3 Å². The number of hydrogen-bond donors (Lipinski definition) is 2. The Labute approximate surface area is 231 Å². The predicted molar refractivity (Wildman–Crippen MR) is 156 cm³/mol. The van der Waals surface area contributed by atoms with Gasteiger partial charge in [-0.3, -0.25) is 15.0 Å². The quantitative estimate of drug-likeness (QED) is 0.144. The molecule has 9 nitrogen and oxygen atoms in total. The van der Waals surface area contributed by atoms with Gasteiger partial charge in [-0.2, -0.15) is 0 Å². The Morgan fingerprint density at radius 2 is 1.80 bits per heavy atom. The Hall–Kier alpha value is -4.76. The maximum atomic E-state index is 11.5. The number of rotatable bonds is 7. The van der Waals surface area contributed by atoms with Gasteiger partial charge in [-0.05, 0) is 61.8 Å². The van der Waals surface area contributed by atoms with Gasteiger partial charge in [0, 0.05) is 60.1 Å². The highest BCUT2D eigenvalue weighted by molar-refractivity contribution is 6.22. The van der Waals surface area contributed by atoms with E-state index >= 15 is 0 Å². The summed E-state index contributed by atoms with van der Waals surface area (Å²) < 4.78 is 1.95.